The first-order valence-electron chi connectivity index (χ1n) is 11.3. The van der Waals surface area contributed by atoms with E-state index in [4.69, 9.17) is 4.98 Å². The topological polar surface area (TPSA) is 65.1 Å². The van der Waals surface area contributed by atoms with Gasteiger partial charge < -0.3 is 4.90 Å². The summed E-state index contributed by atoms with van der Waals surface area (Å²) in [6, 6.07) is 10.7. The Hall–Kier alpha value is -2.47. The number of allylic oxidation sites excluding steroid dienone is 2. The van der Waals surface area contributed by atoms with E-state index in [1.165, 1.54) is 18.4 Å². The van der Waals surface area contributed by atoms with Gasteiger partial charge in [-0.25, -0.2) is 4.98 Å². The molecule has 2 aromatic rings. The molecule has 1 spiro atoms. The van der Waals surface area contributed by atoms with Crippen LogP contribution in [0.2, 0.25) is 0 Å². The summed E-state index contributed by atoms with van der Waals surface area (Å²) < 4.78 is 0. The molecule has 6 nitrogen and oxygen atoms in total. The molecular weight excluding hydrogens is 374 g/mol. The van der Waals surface area contributed by atoms with E-state index < -0.39 is 0 Å². The van der Waals surface area contributed by atoms with E-state index in [0.29, 0.717) is 17.7 Å². The Balaban J connectivity index is 1.21. The van der Waals surface area contributed by atoms with Crippen LogP contribution in [0.25, 0.3) is 0 Å². The normalized spacial score (nSPS) is 25.9. The molecule has 1 saturated carbocycles. The van der Waals surface area contributed by atoms with Gasteiger partial charge in [0.1, 0.15) is 5.82 Å². The average Bonchev–Trinajstić information content (AvgIpc) is 3.14. The van der Waals surface area contributed by atoms with Crippen LogP contribution in [-0.4, -0.2) is 57.1 Å². The zero-order chi connectivity index (χ0) is 20.1. The van der Waals surface area contributed by atoms with Gasteiger partial charge in [-0.3, -0.25) is 14.8 Å². The predicted molar refractivity (Wildman–Crippen MR) is 114 cm³/mol. The highest BCUT2D eigenvalue weighted by Crippen LogP contribution is 2.50. The van der Waals surface area contributed by atoms with E-state index in [1.807, 2.05) is 0 Å². The summed E-state index contributed by atoms with van der Waals surface area (Å²) in [4.78, 5) is 22.5. The van der Waals surface area contributed by atoms with Gasteiger partial charge in [-0.1, -0.05) is 42.5 Å². The highest BCUT2D eigenvalue weighted by Gasteiger charge is 2.57. The molecule has 3 fully saturated rings. The quantitative estimate of drug-likeness (QED) is 0.780. The van der Waals surface area contributed by atoms with Crippen molar-refractivity contribution in [1.82, 2.24) is 25.0 Å². The molecule has 2 aliphatic heterocycles. The largest absolute Gasteiger partial charge is 0.341 e. The maximum absolute atomic E-state index is 12.9. The fourth-order valence-corrected chi connectivity index (χ4v) is 5.65. The summed E-state index contributed by atoms with van der Waals surface area (Å²) in [5, 5.41) is 7.80. The number of rotatable bonds is 5. The highest BCUT2D eigenvalue weighted by molar-refractivity contribution is 5.80. The predicted octanol–water partition coefficient (Wildman–Crippen LogP) is 3.08. The van der Waals surface area contributed by atoms with Crippen molar-refractivity contribution in [2.75, 3.05) is 26.2 Å². The highest BCUT2D eigenvalue weighted by atomic mass is 16.2. The van der Waals surface area contributed by atoms with Gasteiger partial charge in [-0.2, -0.15) is 5.10 Å². The van der Waals surface area contributed by atoms with Gasteiger partial charge in [0.15, 0.2) is 5.82 Å². The second-order valence-electron chi connectivity index (χ2n) is 9.76. The lowest BCUT2D eigenvalue weighted by molar-refractivity contribution is -0.147. The van der Waals surface area contributed by atoms with Crippen molar-refractivity contribution >= 4 is 5.91 Å². The fraction of sp³-hybridized carbons (Fsp3) is 0.542. The van der Waals surface area contributed by atoms with Crippen LogP contribution in [0.15, 0.2) is 42.5 Å². The number of carbonyl (C=O) groups is 1. The zero-order valence-electron chi connectivity index (χ0n) is 17.3. The minimum Gasteiger partial charge on any atom is -0.341 e. The Labute approximate surface area is 177 Å². The molecule has 2 saturated heterocycles. The van der Waals surface area contributed by atoms with E-state index in [-0.39, 0.29) is 11.3 Å². The molecule has 0 radical (unpaired) electrons. The first-order valence-corrected chi connectivity index (χ1v) is 11.3. The van der Waals surface area contributed by atoms with Gasteiger partial charge in [0.25, 0.3) is 0 Å². The number of benzene rings is 1. The Bertz CT molecular complexity index is 949. The summed E-state index contributed by atoms with van der Waals surface area (Å²) in [5.41, 5.74) is 1.44. The number of H-pyrrole nitrogens is 1. The van der Waals surface area contributed by atoms with Gasteiger partial charge in [0.05, 0.1) is 0 Å². The van der Waals surface area contributed by atoms with Crippen LogP contribution in [0.4, 0.5) is 0 Å². The summed E-state index contributed by atoms with van der Waals surface area (Å²) >= 11 is 0. The van der Waals surface area contributed by atoms with Gasteiger partial charge in [0, 0.05) is 55.9 Å². The molecule has 6 rings (SSSR count). The standard InChI is InChI=1S/C24H29N5O/c30-23(19-8-4-5-9-19)29-15-24(16-29)14-28(12-17-6-2-1-3-7-17)13-20(24)22-25-21(26-27-22)18-10-11-18/h1-7,18-20H,8-16H2,(H,25,26,27). The van der Waals surface area contributed by atoms with Crippen molar-refractivity contribution in [1.29, 1.82) is 0 Å². The van der Waals surface area contributed by atoms with Gasteiger partial charge in [0.2, 0.25) is 5.91 Å². The zero-order valence-corrected chi connectivity index (χ0v) is 17.3. The van der Waals surface area contributed by atoms with Crippen LogP contribution in [0.3, 0.4) is 0 Å². The minimum atomic E-state index is 0.0941. The first-order chi connectivity index (χ1) is 14.7. The first kappa shape index (κ1) is 18.3. The Morgan fingerprint density at radius 1 is 1.10 bits per heavy atom. The number of nitrogens with one attached hydrogen (secondary N) is 1. The number of nitrogens with zero attached hydrogens (tertiary/aromatic N) is 4. The van der Waals surface area contributed by atoms with Crippen LogP contribution in [0.5, 0.6) is 0 Å². The second kappa shape index (κ2) is 7.05. The number of aromatic amines is 1. The van der Waals surface area contributed by atoms with E-state index in [0.717, 1.165) is 57.2 Å². The van der Waals surface area contributed by atoms with Crippen LogP contribution in [0, 0.1) is 11.3 Å². The van der Waals surface area contributed by atoms with Crippen LogP contribution in [-0.2, 0) is 11.3 Å². The minimum absolute atomic E-state index is 0.0941. The molecule has 1 N–H and O–H groups in total. The lowest BCUT2D eigenvalue weighted by atomic mass is 9.70. The van der Waals surface area contributed by atoms with Crippen molar-refractivity contribution in [3.63, 3.8) is 0 Å². The lowest BCUT2D eigenvalue weighted by Gasteiger charge is -2.51. The molecule has 30 heavy (non-hydrogen) atoms. The molecule has 2 aliphatic carbocycles. The van der Waals surface area contributed by atoms with Crippen molar-refractivity contribution in [2.45, 2.75) is 44.1 Å². The Kier molecular flexibility index (Phi) is 4.30. The summed E-state index contributed by atoms with van der Waals surface area (Å²) in [6.07, 6.45) is 8.52. The SMILES string of the molecule is O=C(C1CC=CC1)N1CC2(CN(Cc3ccccc3)CC2c2nc(C3CC3)n[nH]2)C1. The van der Waals surface area contributed by atoms with Crippen molar-refractivity contribution < 1.29 is 4.79 Å². The van der Waals surface area contributed by atoms with Crippen molar-refractivity contribution in [3.05, 3.63) is 59.7 Å². The number of amides is 1. The van der Waals surface area contributed by atoms with E-state index in [2.05, 4.69) is 62.5 Å². The van der Waals surface area contributed by atoms with E-state index >= 15 is 0 Å². The maximum atomic E-state index is 12.9. The van der Waals surface area contributed by atoms with Gasteiger partial charge in [-0.15, -0.1) is 0 Å². The molecule has 156 valence electrons. The molecule has 0 bridgehead atoms. The molecule has 1 amide bonds. The molecule has 1 atom stereocenters. The monoisotopic (exact) mass is 403 g/mol. The smallest absolute Gasteiger partial charge is 0.226 e. The maximum Gasteiger partial charge on any atom is 0.226 e. The van der Waals surface area contributed by atoms with E-state index in [1.54, 1.807) is 0 Å². The van der Waals surface area contributed by atoms with Crippen LogP contribution >= 0.6 is 0 Å². The van der Waals surface area contributed by atoms with Crippen LogP contribution < -0.4 is 0 Å². The third-order valence-electron chi connectivity index (χ3n) is 7.44. The number of likely N-dealkylation sites (tertiary alicyclic amines) is 2. The van der Waals surface area contributed by atoms with Gasteiger partial charge in [-0.05, 0) is 31.2 Å². The second-order valence-corrected chi connectivity index (χ2v) is 9.76. The molecule has 6 heteroatoms. The lowest BCUT2D eigenvalue weighted by Crippen LogP contribution is -2.62. The average molecular weight is 404 g/mol. The van der Waals surface area contributed by atoms with Gasteiger partial charge >= 0.3 is 0 Å². The number of hydrogen-bond acceptors (Lipinski definition) is 4. The van der Waals surface area contributed by atoms with E-state index in [9.17, 15) is 4.79 Å². The number of aromatic nitrogens is 3. The summed E-state index contributed by atoms with van der Waals surface area (Å²) in [5.74, 6) is 3.39. The van der Waals surface area contributed by atoms with Crippen molar-refractivity contribution in [2.24, 2.45) is 11.3 Å². The fourth-order valence-electron chi connectivity index (χ4n) is 5.65. The van der Waals surface area contributed by atoms with Crippen molar-refractivity contribution in [3.8, 4) is 0 Å². The molecule has 4 aliphatic rings. The molecule has 1 aromatic carbocycles. The molecular formula is C24H29N5O. The van der Waals surface area contributed by atoms with Crippen LogP contribution in [0.1, 0.15) is 54.7 Å². The number of carbonyl (C=O) groups excluding carboxylic acids is 1. The number of hydrogen-bond donors (Lipinski definition) is 1. The Morgan fingerprint density at radius 2 is 1.87 bits per heavy atom. The summed E-state index contributed by atoms with van der Waals surface area (Å²) in [6.45, 7) is 4.62. The third kappa shape index (κ3) is 3.18. The molecule has 1 aromatic heterocycles. The summed E-state index contributed by atoms with van der Waals surface area (Å²) in [7, 11) is 0. The third-order valence-corrected chi connectivity index (χ3v) is 7.44. The Morgan fingerprint density at radius 3 is 2.60 bits per heavy atom. The molecule has 3 heterocycles. The molecule has 1 unspecified atom stereocenters.